The number of anilines is 2. The van der Waals surface area contributed by atoms with Crippen LogP contribution >= 0.6 is 0 Å². The van der Waals surface area contributed by atoms with E-state index in [1.165, 1.54) is 4.68 Å². The van der Waals surface area contributed by atoms with Crippen molar-refractivity contribution in [1.82, 2.24) is 30.0 Å². The average Bonchev–Trinajstić information content (AvgIpc) is 2.95. The molecule has 21 heavy (non-hydrogen) atoms. The second-order valence-electron chi connectivity index (χ2n) is 5.21. The molecule has 0 atom stereocenters. The highest BCUT2D eigenvalue weighted by Crippen LogP contribution is 2.23. The first-order valence-electron chi connectivity index (χ1n) is 6.56. The van der Waals surface area contributed by atoms with E-state index < -0.39 is 5.54 Å². The van der Waals surface area contributed by atoms with Crippen LogP contribution in [0.25, 0.3) is 5.95 Å². The minimum Gasteiger partial charge on any atom is -0.368 e. The van der Waals surface area contributed by atoms with E-state index in [-0.39, 0.29) is 11.9 Å². The fourth-order valence-corrected chi connectivity index (χ4v) is 2.23. The van der Waals surface area contributed by atoms with E-state index in [4.69, 9.17) is 5.73 Å². The number of nitrogen functional groups attached to an aromatic ring is 1. The second kappa shape index (κ2) is 4.69. The molecule has 0 bridgehead atoms. The van der Waals surface area contributed by atoms with Crippen LogP contribution in [0.4, 0.5) is 11.9 Å². The molecule has 2 aromatic rings. The number of aromatic nitrogens is 5. The zero-order valence-electron chi connectivity index (χ0n) is 11.8. The molecule has 1 aliphatic rings. The lowest BCUT2D eigenvalue weighted by molar-refractivity contribution is -0.126. The quantitative estimate of drug-likeness (QED) is 0.754. The molecule has 0 unspecified atom stereocenters. The van der Waals surface area contributed by atoms with Crippen molar-refractivity contribution >= 4 is 17.8 Å². The zero-order valence-corrected chi connectivity index (χ0v) is 11.8. The van der Waals surface area contributed by atoms with Crippen LogP contribution in [0.5, 0.6) is 0 Å². The molecular formula is C12H16N8O. The molecule has 0 radical (unpaired) electrons. The predicted molar refractivity (Wildman–Crippen MR) is 75.8 cm³/mol. The SMILES string of the molecule is CC1(C)C(=O)NCCN1c1nc(N)nc(-n2cccn2)n1. The summed E-state index contributed by atoms with van der Waals surface area (Å²) in [6.45, 7) is 4.76. The first-order chi connectivity index (χ1) is 9.98. The molecule has 1 amide bonds. The molecule has 1 saturated heterocycles. The summed E-state index contributed by atoms with van der Waals surface area (Å²) in [6, 6.07) is 1.76. The number of amides is 1. The normalized spacial score (nSPS) is 17.6. The monoisotopic (exact) mass is 288 g/mol. The van der Waals surface area contributed by atoms with Crippen molar-refractivity contribution < 1.29 is 4.79 Å². The van der Waals surface area contributed by atoms with E-state index in [1.54, 1.807) is 18.5 Å². The van der Waals surface area contributed by atoms with E-state index in [1.807, 2.05) is 18.7 Å². The van der Waals surface area contributed by atoms with Crippen molar-refractivity contribution in [3.05, 3.63) is 18.5 Å². The van der Waals surface area contributed by atoms with Crippen molar-refractivity contribution in [2.45, 2.75) is 19.4 Å². The van der Waals surface area contributed by atoms with Crippen molar-refractivity contribution in [1.29, 1.82) is 0 Å². The van der Waals surface area contributed by atoms with E-state index in [9.17, 15) is 4.79 Å². The van der Waals surface area contributed by atoms with Gasteiger partial charge in [-0.3, -0.25) is 4.79 Å². The topological polar surface area (TPSA) is 115 Å². The molecule has 0 saturated carbocycles. The van der Waals surface area contributed by atoms with Crippen LogP contribution in [0.15, 0.2) is 18.5 Å². The number of piperazine rings is 1. The summed E-state index contributed by atoms with van der Waals surface area (Å²) < 4.78 is 1.50. The first kappa shape index (κ1) is 13.3. The van der Waals surface area contributed by atoms with Crippen molar-refractivity contribution in [2.24, 2.45) is 0 Å². The standard InChI is InChI=1S/C12H16N8O/c1-12(2)8(21)14-5-7-19(12)10-16-9(13)17-11(18-10)20-6-3-4-15-20/h3-4,6H,5,7H2,1-2H3,(H,14,21)(H2,13,16,17,18). The van der Waals surface area contributed by atoms with Crippen LogP contribution in [0.2, 0.25) is 0 Å². The van der Waals surface area contributed by atoms with E-state index in [0.29, 0.717) is 25.0 Å². The van der Waals surface area contributed by atoms with Gasteiger partial charge in [0.1, 0.15) is 5.54 Å². The highest BCUT2D eigenvalue weighted by atomic mass is 16.2. The minimum atomic E-state index is -0.757. The van der Waals surface area contributed by atoms with Gasteiger partial charge in [-0.2, -0.15) is 20.1 Å². The molecule has 9 heteroatoms. The van der Waals surface area contributed by atoms with Gasteiger partial charge in [0.25, 0.3) is 5.95 Å². The smallest absolute Gasteiger partial charge is 0.257 e. The number of nitrogens with one attached hydrogen (secondary N) is 1. The van der Waals surface area contributed by atoms with Crippen LogP contribution in [0.1, 0.15) is 13.8 Å². The Morgan fingerprint density at radius 3 is 2.76 bits per heavy atom. The molecule has 0 aromatic carbocycles. The molecule has 3 rings (SSSR count). The van der Waals surface area contributed by atoms with Crippen LogP contribution in [-0.4, -0.2) is 49.3 Å². The largest absolute Gasteiger partial charge is 0.368 e. The number of nitrogens with zero attached hydrogens (tertiary/aromatic N) is 6. The Bertz CT molecular complexity index is 666. The summed E-state index contributed by atoms with van der Waals surface area (Å²) in [5.41, 5.74) is 5.01. The van der Waals surface area contributed by atoms with Gasteiger partial charge in [-0.1, -0.05) is 0 Å². The number of hydrogen-bond acceptors (Lipinski definition) is 7. The Kier molecular flexibility index (Phi) is 2.96. The average molecular weight is 288 g/mol. The highest BCUT2D eigenvalue weighted by molar-refractivity contribution is 5.89. The summed E-state index contributed by atoms with van der Waals surface area (Å²) in [5, 5.41) is 6.90. The van der Waals surface area contributed by atoms with E-state index in [0.717, 1.165) is 0 Å². The van der Waals surface area contributed by atoms with Gasteiger partial charge < -0.3 is 16.0 Å². The summed E-state index contributed by atoms with van der Waals surface area (Å²) in [6.07, 6.45) is 3.34. The van der Waals surface area contributed by atoms with Gasteiger partial charge in [0.05, 0.1) is 0 Å². The molecule has 2 aromatic heterocycles. The predicted octanol–water partition coefficient (Wildman–Crippen LogP) is -0.646. The van der Waals surface area contributed by atoms with Gasteiger partial charge >= 0.3 is 0 Å². The number of carbonyl (C=O) groups excluding carboxylic acids is 1. The summed E-state index contributed by atoms with van der Waals surface area (Å²) in [5.74, 6) is 0.706. The lowest BCUT2D eigenvalue weighted by Crippen LogP contribution is -2.62. The lowest BCUT2D eigenvalue weighted by Gasteiger charge is -2.41. The number of rotatable bonds is 2. The van der Waals surface area contributed by atoms with Crippen LogP contribution in [-0.2, 0) is 4.79 Å². The fraction of sp³-hybridized carbons (Fsp3) is 0.417. The van der Waals surface area contributed by atoms with Crippen LogP contribution in [0, 0.1) is 0 Å². The Balaban J connectivity index is 2.04. The van der Waals surface area contributed by atoms with Gasteiger partial charge in [0, 0.05) is 25.5 Å². The van der Waals surface area contributed by atoms with E-state index in [2.05, 4.69) is 25.4 Å². The Morgan fingerprint density at radius 1 is 1.29 bits per heavy atom. The third kappa shape index (κ3) is 2.26. The van der Waals surface area contributed by atoms with Crippen molar-refractivity contribution in [3.8, 4) is 5.95 Å². The Morgan fingerprint density at radius 2 is 2.05 bits per heavy atom. The Hall–Kier alpha value is -2.71. The van der Waals surface area contributed by atoms with Crippen LogP contribution < -0.4 is 16.0 Å². The maximum absolute atomic E-state index is 12.0. The molecule has 110 valence electrons. The second-order valence-corrected chi connectivity index (χ2v) is 5.21. The summed E-state index contributed by atoms with van der Waals surface area (Å²) in [7, 11) is 0. The van der Waals surface area contributed by atoms with Crippen LogP contribution in [0.3, 0.4) is 0 Å². The first-order valence-corrected chi connectivity index (χ1v) is 6.56. The molecular weight excluding hydrogens is 272 g/mol. The van der Waals surface area contributed by atoms with Gasteiger partial charge in [-0.05, 0) is 19.9 Å². The van der Waals surface area contributed by atoms with Gasteiger partial charge in [0.15, 0.2) is 0 Å². The number of hydrogen-bond donors (Lipinski definition) is 2. The highest BCUT2D eigenvalue weighted by Gasteiger charge is 2.39. The van der Waals surface area contributed by atoms with Crippen molar-refractivity contribution in [3.63, 3.8) is 0 Å². The Labute approximate surface area is 121 Å². The molecule has 3 N–H and O–H groups in total. The molecule has 1 aliphatic heterocycles. The number of nitrogens with two attached hydrogens (primary N) is 1. The van der Waals surface area contributed by atoms with Gasteiger partial charge in [-0.25, -0.2) is 4.68 Å². The van der Waals surface area contributed by atoms with E-state index >= 15 is 0 Å². The number of carbonyl (C=O) groups is 1. The minimum absolute atomic E-state index is 0.0756. The van der Waals surface area contributed by atoms with Crippen molar-refractivity contribution in [2.75, 3.05) is 23.7 Å². The molecule has 9 nitrogen and oxygen atoms in total. The van der Waals surface area contributed by atoms with Gasteiger partial charge in [0.2, 0.25) is 17.8 Å². The molecule has 1 fully saturated rings. The summed E-state index contributed by atoms with van der Waals surface area (Å²) in [4.78, 5) is 26.4. The third-order valence-electron chi connectivity index (χ3n) is 3.43. The summed E-state index contributed by atoms with van der Waals surface area (Å²) >= 11 is 0. The molecule has 0 aliphatic carbocycles. The maximum Gasteiger partial charge on any atom is 0.257 e. The molecule has 0 spiro atoms. The lowest BCUT2D eigenvalue weighted by atomic mass is 10.00. The zero-order chi connectivity index (χ0) is 15.0. The fourth-order valence-electron chi connectivity index (χ4n) is 2.23. The van der Waals surface area contributed by atoms with Gasteiger partial charge in [-0.15, -0.1) is 0 Å². The third-order valence-corrected chi connectivity index (χ3v) is 3.43. The maximum atomic E-state index is 12.0. The molecule has 3 heterocycles.